The number of nitrogens with zero attached hydrogens (tertiary/aromatic N) is 1. The van der Waals surface area contributed by atoms with Gasteiger partial charge in [-0.1, -0.05) is 31.4 Å². The molecule has 1 aromatic carbocycles. The van der Waals surface area contributed by atoms with Gasteiger partial charge in [0.1, 0.15) is 5.82 Å². The van der Waals surface area contributed by atoms with E-state index in [0.29, 0.717) is 0 Å². The maximum absolute atomic E-state index is 10.2. The van der Waals surface area contributed by atoms with Gasteiger partial charge in [0.05, 0.1) is 6.10 Å². The predicted molar refractivity (Wildman–Crippen MR) is 88.6 cm³/mol. The number of aliphatic hydroxyl groups excluding tert-OH is 1. The molecule has 0 spiro atoms. The van der Waals surface area contributed by atoms with E-state index in [1.54, 1.807) is 18.0 Å². The Kier molecular flexibility index (Phi) is 6.83. The lowest BCUT2D eigenvalue weighted by molar-refractivity contribution is 0.163. The second-order valence-corrected chi connectivity index (χ2v) is 6.16. The van der Waals surface area contributed by atoms with Crippen molar-refractivity contribution in [3.8, 4) is 0 Å². The molecule has 3 nitrogen and oxygen atoms in total. The highest BCUT2D eigenvalue weighted by atomic mass is 32.2. The van der Waals surface area contributed by atoms with E-state index in [0.717, 1.165) is 37.1 Å². The average molecular weight is 304 g/mol. The zero-order valence-electron chi connectivity index (χ0n) is 12.6. The Labute approximate surface area is 131 Å². The molecule has 21 heavy (non-hydrogen) atoms. The fraction of sp³-hybridized carbons (Fsp3) is 0.471. The van der Waals surface area contributed by atoms with Crippen molar-refractivity contribution in [1.29, 1.82) is 0 Å². The Morgan fingerprint density at radius 1 is 1.14 bits per heavy atom. The molecule has 0 aliphatic heterocycles. The van der Waals surface area contributed by atoms with Crippen molar-refractivity contribution in [1.82, 2.24) is 9.97 Å². The molecule has 1 aromatic heterocycles. The van der Waals surface area contributed by atoms with Crippen LogP contribution in [0.3, 0.4) is 0 Å². The number of hydrogen-bond donors (Lipinski definition) is 2. The second kappa shape index (κ2) is 8.90. The fourth-order valence-corrected chi connectivity index (χ4v) is 2.82. The topological polar surface area (TPSA) is 48.9 Å². The number of aryl methyl sites for hydroxylation is 1. The molecular formula is C17H24N2OS. The first kappa shape index (κ1) is 16.1. The maximum Gasteiger partial charge on any atom is 0.105 e. The molecule has 0 bridgehead atoms. The minimum Gasteiger partial charge on any atom is -0.388 e. The minimum absolute atomic E-state index is 0.328. The third-order valence-electron chi connectivity index (χ3n) is 3.70. The molecule has 2 aromatic rings. The summed E-state index contributed by atoms with van der Waals surface area (Å²) in [7, 11) is 0. The number of benzene rings is 1. The lowest BCUT2D eigenvalue weighted by atomic mass is 10.0. The van der Waals surface area contributed by atoms with Crippen LogP contribution in [0.5, 0.6) is 0 Å². The van der Waals surface area contributed by atoms with Crippen LogP contribution < -0.4 is 0 Å². The van der Waals surface area contributed by atoms with Crippen LogP contribution in [0.15, 0.2) is 41.6 Å². The van der Waals surface area contributed by atoms with Crippen molar-refractivity contribution < 1.29 is 5.11 Å². The molecule has 0 aliphatic carbocycles. The van der Waals surface area contributed by atoms with Crippen LogP contribution in [0.4, 0.5) is 0 Å². The molecule has 0 saturated heterocycles. The third kappa shape index (κ3) is 5.56. The van der Waals surface area contributed by atoms with Gasteiger partial charge in [-0.2, -0.15) is 0 Å². The number of H-pyrrole nitrogens is 1. The summed E-state index contributed by atoms with van der Waals surface area (Å²) in [5.74, 6) is 1.07. The molecule has 0 aliphatic rings. The van der Waals surface area contributed by atoms with Crippen LogP contribution in [0, 0.1) is 0 Å². The molecule has 0 amide bonds. The highest BCUT2D eigenvalue weighted by Gasteiger charge is 2.07. The van der Waals surface area contributed by atoms with Crippen molar-refractivity contribution in [2.24, 2.45) is 0 Å². The standard InChI is InChI=1S/C17H24N2OS/c1-21-15-10-8-14(9-11-15)16(20)6-4-2-3-5-7-17-18-12-13-19-17/h8-13,16,20H,2-7H2,1H3,(H,18,19). The summed E-state index contributed by atoms with van der Waals surface area (Å²) in [4.78, 5) is 8.58. The van der Waals surface area contributed by atoms with Crippen molar-refractivity contribution in [3.05, 3.63) is 48.0 Å². The molecule has 4 heteroatoms. The molecular weight excluding hydrogens is 280 g/mol. The Balaban J connectivity index is 1.59. The molecule has 114 valence electrons. The Morgan fingerprint density at radius 3 is 2.57 bits per heavy atom. The number of rotatable bonds is 9. The van der Waals surface area contributed by atoms with E-state index in [1.807, 2.05) is 18.3 Å². The van der Waals surface area contributed by atoms with Crippen LogP contribution in [0.25, 0.3) is 0 Å². The lowest BCUT2D eigenvalue weighted by Gasteiger charge is -2.11. The van der Waals surface area contributed by atoms with Gasteiger partial charge in [-0.3, -0.25) is 0 Å². The number of aromatic amines is 1. The molecule has 0 fully saturated rings. The van der Waals surface area contributed by atoms with Gasteiger partial charge in [-0.15, -0.1) is 11.8 Å². The van der Waals surface area contributed by atoms with Crippen LogP contribution in [0.2, 0.25) is 0 Å². The Hall–Kier alpha value is -1.26. The highest BCUT2D eigenvalue weighted by molar-refractivity contribution is 7.98. The number of thioether (sulfide) groups is 1. The largest absolute Gasteiger partial charge is 0.388 e. The number of hydrogen-bond acceptors (Lipinski definition) is 3. The number of nitrogens with one attached hydrogen (secondary N) is 1. The van der Waals surface area contributed by atoms with Crippen LogP contribution in [-0.2, 0) is 6.42 Å². The fourth-order valence-electron chi connectivity index (χ4n) is 2.41. The van der Waals surface area contributed by atoms with Crippen molar-refractivity contribution in [2.45, 2.75) is 49.5 Å². The number of aromatic nitrogens is 2. The Bertz CT molecular complexity index is 496. The summed E-state index contributed by atoms with van der Waals surface area (Å²) in [6, 6.07) is 8.22. The molecule has 1 unspecified atom stereocenters. The summed E-state index contributed by atoms with van der Waals surface area (Å²) in [5, 5.41) is 10.2. The van der Waals surface area contributed by atoms with E-state index in [4.69, 9.17) is 0 Å². The van der Waals surface area contributed by atoms with Crippen LogP contribution in [0.1, 0.15) is 49.6 Å². The van der Waals surface area contributed by atoms with Gasteiger partial charge in [-0.05, 0) is 36.8 Å². The summed E-state index contributed by atoms with van der Waals surface area (Å²) in [6.07, 6.45) is 11.9. The molecule has 1 atom stereocenters. The lowest BCUT2D eigenvalue weighted by Crippen LogP contribution is -1.97. The third-order valence-corrected chi connectivity index (χ3v) is 4.44. The number of unbranched alkanes of at least 4 members (excludes halogenated alkanes) is 3. The monoisotopic (exact) mass is 304 g/mol. The molecule has 0 radical (unpaired) electrons. The summed E-state index contributed by atoms with van der Waals surface area (Å²) in [5.41, 5.74) is 1.03. The summed E-state index contributed by atoms with van der Waals surface area (Å²) in [6.45, 7) is 0. The first-order valence-corrected chi connectivity index (χ1v) is 8.82. The van der Waals surface area contributed by atoms with Gasteiger partial charge in [0.2, 0.25) is 0 Å². The van der Waals surface area contributed by atoms with Gasteiger partial charge in [0.25, 0.3) is 0 Å². The van der Waals surface area contributed by atoms with Crippen LogP contribution in [-0.4, -0.2) is 21.3 Å². The first-order chi connectivity index (χ1) is 10.3. The van der Waals surface area contributed by atoms with E-state index in [9.17, 15) is 5.11 Å². The molecule has 2 N–H and O–H groups in total. The average Bonchev–Trinajstić information content (AvgIpc) is 3.04. The molecule has 2 rings (SSSR count). The SMILES string of the molecule is CSc1ccc(C(O)CCCCCCc2ncc[nH]2)cc1. The summed E-state index contributed by atoms with van der Waals surface area (Å²) >= 11 is 1.73. The summed E-state index contributed by atoms with van der Waals surface area (Å²) < 4.78 is 0. The zero-order valence-corrected chi connectivity index (χ0v) is 13.4. The van der Waals surface area contributed by atoms with Crippen molar-refractivity contribution in [2.75, 3.05) is 6.26 Å². The quantitative estimate of drug-likeness (QED) is 0.534. The Morgan fingerprint density at radius 2 is 1.90 bits per heavy atom. The predicted octanol–water partition coefficient (Wildman–Crippen LogP) is 4.36. The van der Waals surface area contributed by atoms with Gasteiger partial charge in [0.15, 0.2) is 0 Å². The first-order valence-electron chi connectivity index (χ1n) is 7.60. The van der Waals surface area contributed by atoms with E-state index in [1.165, 1.54) is 17.7 Å². The molecule has 0 saturated carbocycles. The van der Waals surface area contributed by atoms with Gasteiger partial charge >= 0.3 is 0 Å². The van der Waals surface area contributed by atoms with Gasteiger partial charge in [-0.25, -0.2) is 4.98 Å². The van der Waals surface area contributed by atoms with E-state index in [-0.39, 0.29) is 6.10 Å². The number of aliphatic hydroxyl groups is 1. The minimum atomic E-state index is -0.328. The van der Waals surface area contributed by atoms with Gasteiger partial charge in [0, 0.05) is 23.7 Å². The van der Waals surface area contributed by atoms with E-state index >= 15 is 0 Å². The zero-order chi connectivity index (χ0) is 14.9. The second-order valence-electron chi connectivity index (χ2n) is 5.28. The highest BCUT2D eigenvalue weighted by Crippen LogP contribution is 2.23. The normalized spacial score (nSPS) is 12.5. The van der Waals surface area contributed by atoms with Crippen LogP contribution >= 0.6 is 11.8 Å². The van der Waals surface area contributed by atoms with E-state index in [2.05, 4.69) is 28.4 Å². The molecule has 1 heterocycles. The maximum atomic E-state index is 10.2. The van der Waals surface area contributed by atoms with E-state index < -0.39 is 0 Å². The smallest absolute Gasteiger partial charge is 0.105 e. The van der Waals surface area contributed by atoms with Gasteiger partial charge < -0.3 is 10.1 Å². The van der Waals surface area contributed by atoms with Crippen molar-refractivity contribution in [3.63, 3.8) is 0 Å². The van der Waals surface area contributed by atoms with Crippen molar-refractivity contribution >= 4 is 11.8 Å². The number of imidazole rings is 1.